The molecule has 1 fully saturated rings. The molecule has 0 amide bonds. The number of hydrogen-bond donors (Lipinski definition) is 1. The zero-order valence-corrected chi connectivity index (χ0v) is 13.5. The first-order valence-electron chi connectivity index (χ1n) is 8.44. The van der Waals surface area contributed by atoms with Crippen molar-refractivity contribution in [3.8, 4) is 0 Å². The molecule has 1 saturated carbocycles. The first kappa shape index (κ1) is 15.6. The van der Waals surface area contributed by atoms with Gasteiger partial charge in [-0.1, -0.05) is 76.8 Å². The van der Waals surface area contributed by atoms with Crippen LogP contribution in [-0.4, -0.2) is 6.04 Å². The highest BCUT2D eigenvalue weighted by molar-refractivity contribution is 5.19. The van der Waals surface area contributed by atoms with Crippen molar-refractivity contribution in [2.45, 2.75) is 77.8 Å². The van der Waals surface area contributed by atoms with Crippen molar-refractivity contribution in [1.29, 1.82) is 0 Å². The highest BCUT2D eigenvalue weighted by Gasteiger charge is 2.35. The molecule has 112 valence electrons. The smallest absolute Gasteiger partial charge is 0.0322 e. The second-order valence-electron chi connectivity index (χ2n) is 7.06. The topological polar surface area (TPSA) is 12.0 Å². The highest BCUT2D eigenvalue weighted by atomic mass is 15.0. The lowest BCUT2D eigenvalue weighted by Gasteiger charge is -2.32. The molecular weight excluding hydrogens is 242 g/mol. The minimum atomic E-state index is 0.456. The fourth-order valence-corrected chi connectivity index (χ4v) is 3.51. The van der Waals surface area contributed by atoms with Crippen LogP contribution >= 0.6 is 0 Å². The Labute approximate surface area is 125 Å². The highest BCUT2D eigenvalue weighted by Crippen LogP contribution is 2.39. The standard InChI is InChI=1S/C19H31N/c1-4-5-7-13-17(16-11-8-6-9-12-16)20-18-14-10-15-19(18,2)3/h6,8-9,11-12,17-18,20H,4-5,7,10,13-15H2,1-3H3. The van der Waals surface area contributed by atoms with Crippen LogP contribution in [0.15, 0.2) is 30.3 Å². The van der Waals surface area contributed by atoms with Crippen LogP contribution in [0.1, 0.15) is 77.3 Å². The van der Waals surface area contributed by atoms with Gasteiger partial charge >= 0.3 is 0 Å². The van der Waals surface area contributed by atoms with Gasteiger partial charge in [0.1, 0.15) is 0 Å². The maximum atomic E-state index is 3.98. The molecule has 2 atom stereocenters. The maximum absolute atomic E-state index is 3.98. The molecule has 1 heteroatoms. The molecule has 0 spiro atoms. The van der Waals surface area contributed by atoms with E-state index in [1.165, 1.54) is 50.5 Å². The summed E-state index contributed by atoms with van der Waals surface area (Å²) in [5.74, 6) is 0. The predicted molar refractivity (Wildman–Crippen MR) is 87.9 cm³/mol. The third-order valence-electron chi connectivity index (χ3n) is 4.96. The van der Waals surface area contributed by atoms with Crippen molar-refractivity contribution in [3.05, 3.63) is 35.9 Å². The van der Waals surface area contributed by atoms with Gasteiger partial charge in [-0.2, -0.15) is 0 Å². The molecule has 1 aliphatic carbocycles. The van der Waals surface area contributed by atoms with Crippen LogP contribution in [0, 0.1) is 5.41 Å². The van der Waals surface area contributed by atoms with E-state index in [4.69, 9.17) is 0 Å². The molecule has 0 aromatic heterocycles. The fraction of sp³-hybridized carbons (Fsp3) is 0.684. The molecule has 0 bridgehead atoms. The van der Waals surface area contributed by atoms with Crippen molar-refractivity contribution < 1.29 is 0 Å². The number of nitrogens with one attached hydrogen (secondary N) is 1. The number of benzene rings is 1. The van der Waals surface area contributed by atoms with Gasteiger partial charge in [0.25, 0.3) is 0 Å². The Kier molecular flexibility index (Phi) is 5.65. The van der Waals surface area contributed by atoms with Crippen LogP contribution < -0.4 is 5.32 Å². The van der Waals surface area contributed by atoms with E-state index in [0.29, 0.717) is 17.5 Å². The molecule has 1 aliphatic rings. The van der Waals surface area contributed by atoms with E-state index in [2.05, 4.69) is 56.4 Å². The summed E-state index contributed by atoms with van der Waals surface area (Å²) >= 11 is 0. The van der Waals surface area contributed by atoms with Crippen LogP contribution in [0.4, 0.5) is 0 Å². The van der Waals surface area contributed by atoms with E-state index >= 15 is 0 Å². The monoisotopic (exact) mass is 273 g/mol. The van der Waals surface area contributed by atoms with Gasteiger partial charge in [0.05, 0.1) is 0 Å². The van der Waals surface area contributed by atoms with E-state index in [9.17, 15) is 0 Å². The number of rotatable bonds is 7. The molecule has 1 aromatic carbocycles. The first-order valence-corrected chi connectivity index (χ1v) is 8.44. The summed E-state index contributed by atoms with van der Waals surface area (Å²) in [5, 5.41) is 3.98. The van der Waals surface area contributed by atoms with Gasteiger partial charge in [-0.3, -0.25) is 0 Å². The average Bonchev–Trinajstić information content (AvgIpc) is 2.78. The van der Waals surface area contributed by atoms with Gasteiger partial charge in [-0.15, -0.1) is 0 Å². The van der Waals surface area contributed by atoms with Crippen molar-refractivity contribution in [3.63, 3.8) is 0 Å². The molecule has 0 aliphatic heterocycles. The average molecular weight is 273 g/mol. The SMILES string of the molecule is CCCCCC(NC1CCCC1(C)C)c1ccccc1. The van der Waals surface area contributed by atoms with Crippen LogP contribution in [0.5, 0.6) is 0 Å². The first-order chi connectivity index (χ1) is 9.63. The normalized spacial score (nSPS) is 22.9. The Morgan fingerprint density at radius 1 is 1.20 bits per heavy atom. The number of hydrogen-bond acceptors (Lipinski definition) is 1. The lowest BCUT2D eigenvalue weighted by atomic mass is 9.86. The third-order valence-corrected chi connectivity index (χ3v) is 4.96. The molecule has 1 N–H and O–H groups in total. The van der Waals surface area contributed by atoms with Gasteiger partial charge in [0.2, 0.25) is 0 Å². The van der Waals surface area contributed by atoms with Gasteiger partial charge in [0.15, 0.2) is 0 Å². The minimum absolute atomic E-state index is 0.456. The largest absolute Gasteiger partial charge is 0.307 e. The minimum Gasteiger partial charge on any atom is -0.307 e. The van der Waals surface area contributed by atoms with Crippen molar-refractivity contribution in [2.24, 2.45) is 5.41 Å². The lowest BCUT2D eigenvalue weighted by molar-refractivity contribution is 0.255. The number of unbranched alkanes of at least 4 members (excludes halogenated alkanes) is 2. The Morgan fingerprint density at radius 3 is 2.55 bits per heavy atom. The van der Waals surface area contributed by atoms with E-state index in [-0.39, 0.29) is 0 Å². The van der Waals surface area contributed by atoms with E-state index in [1.807, 2.05) is 0 Å². The molecule has 20 heavy (non-hydrogen) atoms. The molecule has 0 saturated heterocycles. The van der Waals surface area contributed by atoms with Crippen molar-refractivity contribution in [2.75, 3.05) is 0 Å². The fourth-order valence-electron chi connectivity index (χ4n) is 3.51. The summed E-state index contributed by atoms with van der Waals surface area (Å²) in [4.78, 5) is 0. The third kappa shape index (κ3) is 4.09. The van der Waals surface area contributed by atoms with Gasteiger partial charge in [-0.25, -0.2) is 0 Å². The van der Waals surface area contributed by atoms with E-state index < -0.39 is 0 Å². The Hall–Kier alpha value is -0.820. The molecule has 2 rings (SSSR count). The molecule has 2 unspecified atom stereocenters. The Balaban J connectivity index is 2.02. The summed E-state index contributed by atoms with van der Waals surface area (Å²) < 4.78 is 0. The Morgan fingerprint density at radius 2 is 1.95 bits per heavy atom. The predicted octanol–water partition coefficient (Wildman–Crippen LogP) is 5.48. The summed E-state index contributed by atoms with van der Waals surface area (Å²) in [5.41, 5.74) is 1.92. The summed E-state index contributed by atoms with van der Waals surface area (Å²) in [6.07, 6.45) is 9.32. The van der Waals surface area contributed by atoms with Gasteiger partial charge < -0.3 is 5.32 Å². The molecule has 0 heterocycles. The molecule has 1 nitrogen and oxygen atoms in total. The van der Waals surface area contributed by atoms with Gasteiger partial charge in [-0.05, 0) is 30.2 Å². The van der Waals surface area contributed by atoms with E-state index in [1.54, 1.807) is 0 Å². The zero-order chi connectivity index (χ0) is 14.4. The van der Waals surface area contributed by atoms with Crippen LogP contribution in [-0.2, 0) is 0 Å². The maximum Gasteiger partial charge on any atom is 0.0322 e. The lowest BCUT2D eigenvalue weighted by Crippen LogP contribution is -2.40. The van der Waals surface area contributed by atoms with Crippen LogP contribution in [0.25, 0.3) is 0 Å². The van der Waals surface area contributed by atoms with Crippen molar-refractivity contribution >= 4 is 0 Å². The summed E-state index contributed by atoms with van der Waals surface area (Å²) in [6, 6.07) is 12.2. The quantitative estimate of drug-likeness (QED) is 0.649. The molecule has 1 aromatic rings. The summed E-state index contributed by atoms with van der Waals surface area (Å²) in [7, 11) is 0. The Bertz CT molecular complexity index is 382. The van der Waals surface area contributed by atoms with Crippen molar-refractivity contribution in [1.82, 2.24) is 5.32 Å². The molecular formula is C19H31N. The van der Waals surface area contributed by atoms with E-state index in [0.717, 1.165) is 0 Å². The van der Waals surface area contributed by atoms with Crippen LogP contribution in [0.3, 0.4) is 0 Å². The second-order valence-corrected chi connectivity index (χ2v) is 7.06. The second kappa shape index (κ2) is 7.26. The summed E-state index contributed by atoms with van der Waals surface area (Å²) in [6.45, 7) is 7.13. The molecule has 0 radical (unpaired) electrons. The van der Waals surface area contributed by atoms with Crippen LogP contribution in [0.2, 0.25) is 0 Å². The zero-order valence-electron chi connectivity index (χ0n) is 13.5. The van der Waals surface area contributed by atoms with Gasteiger partial charge in [0, 0.05) is 12.1 Å².